The van der Waals surface area contributed by atoms with E-state index < -0.39 is 49.5 Å². The Morgan fingerprint density at radius 3 is 2.32 bits per heavy atom. The number of nitrogens with zero attached hydrogens (tertiary/aromatic N) is 1. The predicted molar refractivity (Wildman–Crippen MR) is 176 cm³/mol. The molecular weight excluding hydrogens is 702 g/mol. The molecule has 0 aliphatic heterocycles. The van der Waals surface area contributed by atoms with Gasteiger partial charge in [0.1, 0.15) is 11.4 Å². The molecule has 1 aromatic heterocycles. The van der Waals surface area contributed by atoms with Crippen molar-refractivity contribution in [2.24, 2.45) is 10.7 Å². The van der Waals surface area contributed by atoms with E-state index in [-0.39, 0.29) is 33.3 Å². The number of hydrogen-bond donors (Lipinski definition) is 3. The molecule has 47 heavy (non-hydrogen) atoms. The number of benzene rings is 2. The fourth-order valence-corrected chi connectivity index (χ4v) is 8.62. The first kappa shape index (κ1) is 38.0. The first-order valence-corrected chi connectivity index (χ1v) is 18.7. The van der Waals surface area contributed by atoms with Crippen LogP contribution in [0.25, 0.3) is 11.1 Å². The molecule has 3 rings (SSSR count). The molecule has 0 aliphatic rings. The van der Waals surface area contributed by atoms with E-state index in [4.69, 9.17) is 10.5 Å². The van der Waals surface area contributed by atoms with E-state index in [1.54, 1.807) is 58.2 Å². The smallest absolute Gasteiger partial charge is 0.442 e. The summed E-state index contributed by atoms with van der Waals surface area (Å²) < 4.78 is 94.6. The van der Waals surface area contributed by atoms with Gasteiger partial charge in [-0.2, -0.15) is 18.2 Å². The van der Waals surface area contributed by atoms with Crippen molar-refractivity contribution in [2.75, 3.05) is 18.1 Å². The van der Waals surface area contributed by atoms with Crippen molar-refractivity contribution in [3.05, 3.63) is 59.0 Å². The number of anilines is 1. The van der Waals surface area contributed by atoms with Gasteiger partial charge >= 0.3 is 21.6 Å². The number of nitrogens with two attached hydrogens (primary N) is 1. The number of thioether (sulfide) groups is 1. The molecule has 0 unspecified atom stereocenters. The summed E-state index contributed by atoms with van der Waals surface area (Å²) in [6.45, 7) is 6.15. The maximum atomic E-state index is 13.9. The first-order valence-electron chi connectivity index (χ1n) is 13.7. The number of carbonyl (C=O) groups is 2. The predicted octanol–water partition coefficient (Wildman–Crippen LogP) is 6.08. The van der Waals surface area contributed by atoms with Crippen LogP contribution in [0.4, 0.5) is 23.7 Å². The fourth-order valence-electron chi connectivity index (χ4n) is 4.10. The van der Waals surface area contributed by atoms with Gasteiger partial charge in [-0.1, -0.05) is 24.3 Å². The first-order chi connectivity index (χ1) is 21.7. The van der Waals surface area contributed by atoms with Crippen molar-refractivity contribution in [3.63, 3.8) is 0 Å². The number of nitrogens with one attached hydrogen (secondary N) is 2. The summed E-state index contributed by atoms with van der Waals surface area (Å²) in [6, 6.07) is 12.4. The number of halogens is 3. The molecular formula is C29H33F3N4O7S4. The Hall–Kier alpha value is -3.45. The number of sulfone groups is 1. The molecule has 0 atom stereocenters. The Kier molecular flexibility index (Phi) is 11.9. The number of aryl methyl sites for hydroxylation is 1. The molecule has 2 amide bonds. The Bertz CT molecular complexity index is 1900. The van der Waals surface area contributed by atoms with E-state index >= 15 is 0 Å². The number of amides is 2. The molecule has 4 N–H and O–H groups in total. The molecule has 0 saturated carbocycles. The summed E-state index contributed by atoms with van der Waals surface area (Å²) >= 11 is 2.23. The lowest BCUT2D eigenvalue weighted by Gasteiger charge is -2.17. The molecule has 0 bridgehead atoms. The Labute approximate surface area is 279 Å². The van der Waals surface area contributed by atoms with Crippen molar-refractivity contribution >= 4 is 66.5 Å². The maximum absolute atomic E-state index is 13.9. The lowest BCUT2D eigenvalue weighted by atomic mass is 9.98. The van der Waals surface area contributed by atoms with E-state index in [9.17, 15) is 39.6 Å². The van der Waals surface area contributed by atoms with E-state index in [1.807, 2.05) is 0 Å². The van der Waals surface area contributed by atoms with Crippen LogP contribution in [0.15, 0.2) is 67.5 Å². The minimum absolute atomic E-state index is 0.0380. The van der Waals surface area contributed by atoms with Gasteiger partial charge in [0.25, 0.3) is 0 Å². The van der Waals surface area contributed by atoms with Crippen LogP contribution in [0.1, 0.15) is 44.1 Å². The maximum Gasteiger partial charge on any atom is 0.511 e. The average Bonchev–Trinajstić information content (AvgIpc) is 3.40. The van der Waals surface area contributed by atoms with E-state index in [2.05, 4.69) is 10.3 Å². The largest absolute Gasteiger partial charge is 0.511 e. The van der Waals surface area contributed by atoms with Crippen molar-refractivity contribution in [1.82, 2.24) is 4.72 Å². The number of amidine groups is 1. The Balaban J connectivity index is 1.88. The summed E-state index contributed by atoms with van der Waals surface area (Å²) in [5.41, 5.74) is 1.71. The van der Waals surface area contributed by atoms with Crippen LogP contribution >= 0.6 is 23.1 Å². The topological polar surface area (TPSA) is 174 Å². The third-order valence-corrected chi connectivity index (χ3v) is 11.7. The third-order valence-electron chi connectivity index (χ3n) is 6.16. The second-order valence-electron chi connectivity index (χ2n) is 11.0. The summed E-state index contributed by atoms with van der Waals surface area (Å²) in [4.78, 5) is 28.7. The normalized spacial score (nSPS) is 13.0. The number of thiophene rings is 1. The Morgan fingerprint density at radius 2 is 1.70 bits per heavy atom. The quantitative estimate of drug-likeness (QED) is 0.0914. The van der Waals surface area contributed by atoms with Crippen LogP contribution in [0.5, 0.6) is 0 Å². The number of ether oxygens (including phenoxy) is 1. The number of aliphatic imine (C=N–C) groups is 1. The van der Waals surface area contributed by atoms with E-state index in [0.717, 1.165) is 11.3 Å². The highest BCUT2D eigenvalue weighted by Gasteiger charge is 2.45. The van der Waals surface area contributed by atoms with Gasteiger partial charge in [0.2, 0.25) is 15.7 Å². The number of alkyl halides is 3. The van der Waals surface area contributed by atoms with Gasteiger partial charge in [-0.3, -0.25) is 4.79 Å². The van der Waals surface area contributed by atoms with Crippen LogP contribution in [0.3, 0.4) is 0 Å². The highest BCUT2D eigenvalue weighted by Crippen LogP contribution is 2.39. The van der Waals surface area contributed by atoms with Crippen molar-refractivity contribution in [3.8, 4) is 11.1 Å². The highest BCUT2D eigenvalue weighted by atomic mass is 32.2. The fraction of sp³-hybridized carbons (Fsp3) is 0.345. The molecule has 11 nitrogen and oxygen atoms in total. The minimum atomic E-state index is -5.52. The third kappa shape index (κ3) is 9.79. The molecule has 256 valence electrons. The monoisotopic (exact) mass is 734 g/mol. The van der Waals surface area contributed by atoms with Gasteiger partial charge in [0, 0.05) is 24.2 Å². The van der Waals surface area contributed by atoms with Crippen LogP contribution in [-0.4, -0.2) is 58.6 Å². The molecule has 18 heteroatoms. The summed E-state index contributed by atoms with van der Waals surface area (Å²) in [6.07, 6.45) is 0.280. The van der Waals surface area contributed by atoms with Crippen molar-refractivity contribution in [2.45, 2.75) is 65.6 Å². The second-order valence-corrected chi connectivity index (χ2v) is 16.8. The second kappa shape index (κ2) is 14.8. The van der Waals surface area contributed by atoms with Crippen LogP contribution in [-0.2, 0) is 29.4 Å². The minimum Gasteiger partial charge on any atom is -0.442 e. The number of sulfonamides is 1. The molecule has 0 fully saturated rings. The van der Waals surface area contributed by atoms with Crippen LogP contribution in [0, 0.1) is 6.92 Å². The zero-order chi connectivity index (χ0) is 35.4. The molecule has 0 aliphatic carbocycles. The standard InChI is InChI=1S/C29H33F3N4O7S4/c1-17-9-6-12-20(35-23(37)13-8-14-34-47(41,42)29(30,31)32)24(17)18-10-7-11-19(15-18)46(39,40)22-16-21(45-26(22)44-5)25(33)36-27(38)43-28(2,3)4/h6-7,9-12,15-16,34H,8,13-14H2,1-5H3,(H,35,37)(H2,33,36,38). The van der Waals surface area contributed by atoms with Crippen molar-refractivity contribution < 1.29 is 44.3 Å². The highest BCUT2D eigenvalue weighted by molar-refractivity contribution is 8.01. The SMILES string of the molecule is CSc1sc(/C(N)=N/C(=O)OC(C)(C)C)cc1S(=O)(=O)c1cccc(-c2c(C)cccc2NC(=O)CCCNS(=O)(=O)C(F)(F)F)c1. The zero-order valence-electron chi connectivity index (χ0n) is 25.9. The van der Waals surface area contributed by atoms with Gasteiger partial charge in [-0.15, -0.1) is 23.1 Å². The van der Waals surface area contributed by atoms with E-state index in [1.165, 1.54) is 40.7 Å². The number of rotatable bonds is 11. The molecule has 0 spiro atoms. The van der Waals surface area contributed by atoms with Crippen LogP contribution in [0.2, 0.25) is 0 Å². The lowest BCUT2D eigenvalue weighted by molar-refractivity contribution is -0.116. The van der Waals surface area contributed by atoms with Gasteiger partial charge < -0.3 is 15.8 Å². The van der Waals surface area contributed by atoms with Gasteiger partial charge in [0.15, 0.2) is 0 Å². The number of carbonyl (C=O) groups excluding carboxylic acids is 2. The van der Waals surface area contributed by atoms with Crippen LogP contribution < -0.4 is 15.8 Å². The molecule has 0 radical (unpaired) electrons. The summed E-state index contributed by atoms with van der Waals surface area (Å²) in [5, 5.41) is 2.68. The zero-order valence-corrected chi connectivity index (χ0v) is 29.2. The number of hydrogen-bond acceptors (Lipinski definition) is 9. The molecule has 0 saturated heterocycles. The molecule has 1 heterocycles. The van der Waals surface area contributed by atoms with Gasteiger partial charge in [-0.25, -0.2) is 26.4 Å². The summed E-state index contributed by atoms with van der Waals surface area (Å²) in [7, 11) is -9.65. The van der Waals surface area contributed by atoms with E-state index in [0.29, 0.717) is 26.6 Å². The van der Waals surface area contributed by atoms with Crippen molar-refractivity contribution in [1.29, 1.82) is 0 Å². The lowest BCUT2D eigenvalue weighted by Crippen LogP contribution is -2.37. The molecule has 2 aromatic carbocycles. The average molecular weight is 735 g/mol. The Morgan fingerprint density at radius 1 is 1.04 bits per heavy atom. The molecule has 3 aromatic rings. The van der Waals surface area contributed by atoms with Gasteiger partial charge in [0.05, 0.1) is 18.9 Å². The van der Waals surface area contributed by atoms with Gasteiger partial charge in [-0.05, 0) is 75.8 Å². The summed E-state index contributed by atoms with van der Waals surface area (Å²) in [5.74, 6) is -0.791.